The van der Waals surface area contributed by atoms with E-state index in [1.165, 1.54) is 0 Å². The first-order valence-electron chi connectivity index (χ1n) is 9.89. The molecule has 0 bridgehead atoms. The molecule has 0 saturated heterocycles. The van der Waals surface area contributed by atoms with Crippen molar-refractivity contribution >= 4 is 17.7 Å². The van der Waals surface area contributed by atoms with Crippen LogP contribution < -0.4 is 15.5 Å². The fourth-order valence-corrected chi connectivity index (χ4v) is 2.85. The van der Waals surface area contributed by atoms with Crippen LogP contribution in [-0.2, 0) is 11.3 Å². The van der Waals surface area contributed by atoms with E-state index >= 15 is 0 Å². The topological polar surface area (TPSA) is 66.0 Å². The molecule has 1 aliphatic carbocycles. The fourth-order valence-electron chi connectivity index (χ4n) is 2.85. The maximum Gasteiger partial charge on any atom is 0.415 e. The Kier molecular flexibility index (Phi) is 7.11. The van der Waals surface area contributed by atoms with Gasteiger partial charge in [-0.1, -0.05) is 12.1 Å². The molecule has 0 atom stereocenters. The van der Waals surface area contributed by atoms with E-state index in [0.29, 0.717) is 6.54 Å². The van der Waals surface area contributed by atoms with Crippen molar-refractivity contribution in [1.29, 1.82) is 0 Å². The van der Waals surface area contributed by atoms with Gasteiger partial charge in [-0.05, 0) is 71.6 Å². The molecule has 1 amide bonds. The average molecular weight is 375 g/mol. The molecule has 1 fully saturated rings. The Bertz CT molecular complexity index is 667. The summed E-state index contributed by atoms with van der Waals surface area (Å²) in [5.74, 6) is 0.815. The first-order chi connectivity index (χ1) is 12.7. The van der Waals surface area contributed by atoms with Gasteiger partial charge in [0.2, 0.25) is 0 Å². The number of aryl methyl sites for hydroxylation is 1. The molecule has 0 unspecified atom stereocenters. The van der Waals surface area contributed by atoms with Crippen LogP contribution in [0.5, 0.6) is 0 Å². The van der Waals surface area contributed by atoms with Gasteiger partial charge < -0.3 is 15.4 Å². The second-order valence-electron chi connectivity index (χ2n) is 7.93. The summed E-state index contributed by atoms with van der Waals surface area (Å²) in [7, 11) is 0. The third-order valence-electron chi connectivity index (χ3n) is 4.13. The average Bonchev–Trinajstić information content (AvgIpc) is 3.38. The Morgan fingerprint density at radius 3 is 2.33 bits per heavy atom. The van der Waals surface area contributed by atoms with Crippen molar-refractivity contribution in [3.63, 3.8) is 0 Å². The van der Waals surface area contributed by atoms with Crippen molar-refractivity contribution in [2.45, 2.75) is 72.6 Å². The van der Waals surface area contributed by atoms with Gasteiger partial charge in [-0.25, -0.2) is 9.79 Å². The molecule has 1 saturated carbocycles. The molecule has 6 heteroatoms. The van der Waals surface area contributed by atoms with Gasteiger partial charge in [0.25, 0.3) is 0 Å². The van der Waals surface area contributed by atoms with Crippen molar-refractivity contribution in [2.75, 3.05) is 18.0 Å². The first-order valence-corrected chi connectivity index (χ1v) is 9.89. The second-order valence-corrected chi connectivity index (χ2v) is 7.93. The largest absolute Gasteiger partial charge is 0.443 e. The van der Waals surface area contributed by atoms with E-state index in [1.54, 1.807) is 0 Å². The molecule has 0 aromatic heterocycles. The SMILES string of the molecule is CCNC(=NCc1ccc(N(C(=O)OC(C)(C)C)C2CC2)c(C)c1)NCC. The van der Waals surface area contributed by atoms with Crippen molar-refractivity contribution in [1.82, 2.24) is 10.6 Å². The molecule has 2 N–H and O–H groups in total. The summed E-state index contributed by atoms with van der Waals surface area (Å²) < 4.78 is 5.62. The number of hydrogen-bond donors (Lipinski definition) is 2. The molecular weight excluding hydrogens is 340 g/mol. The lowest BCUT2D eigenvalue weighted by atomic mass is 10.1. The molecule has 1 aromatic rings. The van der Waals surface area contributed by atoms with Crippen molar-refractivity contribution in [3.05, 3.63) is 29.3 Å². The van der Waals surface area contributed by atoms with E-state index in [4.69, 9.17) is 4.74 Å². The summed E-state index contributed by atoms with van der Waals surface area (Å²) in [6.45, 7) is 14.1. The molecule has 0 heterocycles. The molecule has 0 spiro atoms. The molecule has 27 heavy (non-hydrogen) atoms. The third-order valence-corrected chi connectivity index (χ3v) is 4.13. The van der Waals surface area contributed by atoms with E-state index in [9.17, 15) is 4.79 Å². The van der Waals surface area contributed by atoms with E-state index in [1.807, 2.05) is 44.7 Å². The lowest BCUT2D eigenvalue weighted by molar-refractivity contribution is 0.0577. The van der Waals surface area contributed by atoms with E-state index in [0.717, 1.165) is 48.7 Å². The van der Waals surface area contributed by atoms with E-state index in [2.05, 4.69) is 35.5 Å². The minimum Gasteiger partial charge on any atom is -0.443 e. The van der Waals surface area contributed by atoms with Gasteiger partial charge in [0.05, 0.1) is 12.2 Å². The summed E-state index contributed by atoms with van der Waals surface area (Å²) in [5.41, 5.74) is 2.61. The number of amides is 1. The van der Waals surface area contributed by atoms with Gasteiger partial charge in [0.15, 0.2) is 5.96 Å². The van der Waals surface area contributed by atoms with Crippen LogP contribution in [-0.4, -0.2) is 36.8 Å². The van der Waals surface area contributed by atoms with Gasteiger partial charge in [0, 0.05) is 19.1 Å². The molecule has 2 rings (SSSR count). The highest BCUT2D eigenvalue weighted by atomic mass is 16.6. The zero-order valence-corrected chi connectivity index (χ0v) is 17.6. The Morgan fingerprint density at radius 2 is 1.85 bits per heavy atom. The molecule has 1 aliphatic rings. The van der Waals surface area contributed by atoms with Gasteiger partial charge in [-0.2, -0.15) is 0 Å². The highest BCUT2D eigenvalue weighted by Crippen LogP contribution is 2.35. The normalized spacial score (nSPS) is 13.7. The van der Waals surface area contributed by atoms with Crippen LogP contribution in [0.2, 0.25) is 0 Å². The number of nitrogens with one attached hydrogen (secondary N) is 2. The summed E-state index contributed by atoms with van der Waals surface area (Å²) in [6, 6.07) is 6.41. The maximum atomic E-state index is 12.7. The summed E-state index contributed by atoms with van der Waals surface area (Å²) >= 11 is 0. The van der Waals surface area contributed by atoms with Gasteiger partial charge in [0.1, 0.15) is 5.60 Å². The minimum atomic E-state index is -0.498. The predicted molar refractivity (Wildman–Crippen MR) is 111 cm³/mol. The van der Waals surface area contributed by atoms with E-state index in [-0.39, 0.29) is 12.1 Å². The number of hydrogen-bond acceptors (Lipinski definition) is 3. The highest BCUT2D eigenvalue weighted by Gasteiger charge is 2.37. The van der Waals surface area contributed by atoms with Gasteiger partial charge >= 0.3 is 6.09 Å². The second kappa shape index (κ2) is 9.11. The molecule has 1 aromatic carbocycles. The van der Waals surface area contributed by atoms with Crippen LogP contribution in [0.3, 0.4) is 0 Å². The van der Waals surface area contributed by atoms with Crippen LogP contribution in [0.15, 0.2) is 23.2 Å². The molecule has 150 valence electrons. The van der Waals surface area contributed by atoms with E-state index < -0.39 is 5.60 Å². The lowest BCUT2D eigenvalue weighted by Crippen LogP contribution is -2.38. The number of anilines is 1. The monoisotopic (exact) mass is 374 g/mol. The number of guanidine groups is 1. The van der Waals surface area contributed by atoms with Crippen LogP contribution in [0.4, 0.5) is 10.5 Å². The van der Waals surface area contributed by atoms with Crippen molar-refractivity contribution in [2.24, 2.45) is 4.99 Å². The quantitative estimate of drug-likeness (QED) is 0.584. The summed E-state index contributed by atoms with van der Waals surface area (Å²) in [5, 5.41) is 6.45. The Balaban J connectivity index is 2.16. The predicted octanol–water partition coefficient (Wildman–Crippen LogP) is 3.97. The number of carbonyl (C=O) groups is 1. The van der Waals surface area contributed by atoms with Crippen molar-refractivity contribution in [3.8, 4) is 0 Å². The van der Waals surface area contributed by atoms with Gasteiger partial charge in [-0.15, -0.1) is 0 Å². The van der Waals surface area contributed by atoms with Crippen molar-refractivity contribution < 1.29 is 9.53 Å². The van der Waals surface area contributed by atoms with Crippen LogP contribution in [0, 0.1) is 6.92 Å². The summed E-state index contributed by atoms with van der Waals surface area (Å²) in [4.78, 5) is 19.1. The zero-order valence-electron chi connectivity index (χ0n) is 17.6. The number of rotatable bonds is 6. The number of aliphatic imine (C=N–C) groups is 1. The smallest absolute Gasteiger partial charge is 0.415 e. The number of carbonyl (C=O) groups excluding carboxylic acids is 1. The minimum absolute atomic E-state index is 0.247. The van der Waals surface area contributed by atoms with Crippen LogP contribution in [0.1, 0.15) is 58.6 Å². The molecule has 0 aliphatic heterocycles. The maximum absolute atomic E-state index is 12.7. The molecular formula is C21H34N4O2. The lowest BCUT2D eigenvalue weighted by Gasteiger charge is -2.28. The number of benzene rings is 1. The molecule has 0 radical (unpaired) electrons. The zero-order chi connectivity index (χ0) is 20.0. The Morgan fingerprint density at radius 1 is 1.22 bits per heavy atom. The third kappa shape index (κ3) is 6.45. The molecule has 6 nitrogen and oxygen atoms in total. The van der Waals surface area contributed by atoms with Crippen LogP contribution >= 0.6 is 0 Å². The Hall–Kier alpha value is -2.24. The number of nitrogens with zero attached hydrogens (tertiary/aromatic N) is 2. The highest BCUT2D eigenvalue weighted by molar-refractivity contribution is 5.90. The fraction of sp³-hybridized carbons (Fsp3) is 0.619. The standard InChI is InChI=1S/C21H34N4O2/c1-7-22-19(23-8-2)24-14-16-9-12-18(15(3)13-16)25(17-10-11-17)20(26)27-21(4,5)6/h9,12-13,17H,7-8,10-11,14H2,1-6H3,(H2,22,23,24). The summed E-state index contributed by atoms with van der Waals surface area (Å²) in [6.07, 6.45) is 1.79. The number of ether oxygens (including phenoxy) is 1. The van der Waals surface area contributed by atoms with Gasteiger partial charge in [-0.3, -0.25) is 4.90 Å². The Labute approximate surface area is 163 Å². The first kappa shape index (κ1) is 21.1. The van der Waals surface area contributed by atoms with Crippen LogP contribution in [0.25, 0.3) is 0 Å².